The van der Waals surface area contributed by atoms with Gasteiger partial charge in [0.1, 0.15) is 11.4 Å². The van der Waals surface area contributed by atoms with Crippen molar-refractivity contribution in [3.05, 3.63) is 101 Å². The molecule has 192 valence electrons. The van der Waals surface area contributed by atoms with Crippen LogP contribution in [0.15, 0.2) is 79.0 Å². The number of anilines is 2. The van der Waals surface area contributed by atoms with Crippen LogP contribution in [0.3, 0.4) is 0 Å². The number of carbonyl (C=O) groups excluding carboxylic acids is 2. The molecule has 0 bridgehead atoms. The van der Waals surface area contributed by atoms with Crippen LogP contribution in [0.1, 0.15) is 51.2 Å². The predicted molar refractivity (Wildman–Crippen MR) is 149 cm³/mol. The summed E-state index contributed by atoms with van der Waals surface area (Å²) in [5, 5.41) is 0. The van der Waals surface area contributed by atoms with Crippen molar-refractivity contribution >= 4 is 23.1 Å². The molecule has 1 aliphatic heterocycles. The Morgan fingerprint density at radius 3 is 2.37 bits per heavy atom. The second kappa shape index (κ2) is 11.3. The van der Waals surface area contributed by atoms with Crippen LogP contribution in [-0.4, -0.2) is 41.7 Å². The third kappa shape index (κ3) is 5.42. The highest BCUT2D eigenvalue weighted by Gasteiger charge is 2.22. The number of nitrogens with zero attached hydrogens (tertiary/aromatic N) is 3. The van der Waals surface area contributed by atoms with Crippen LogP contribution in [0.5, 0.6) is 5.75 Å². The SMILES string of the molecule is COc1ccc(-c2cnc(N)c(C(=O)Cc3cc(C(=O)c4ccccc4)ccc3N3CCCCC3)n2)cc1. The molecule has 1 fully saturated rings. The Kier molecular flexibility index (Phi) is 7.45. The largest absolute Gasteiger partial charge is 0.497 e. The molecule has 7 heteroatoms. The number of hydrogen-bond acceptors (Lipinski definition) is 7. The summed E-state index contributed by atoms with van der Waals surface area (Å²) in [6.45, 7) is 1.84. The minimum Gasteiger partial charge on any atom is -0.497 e. The molecule has 3 aromatic carbocycles. The fraction of sp³-hybridized carbons (Fsp3) is 0.226. The zero-order chi connectivity index (χ0) is 26.5. The monoisotopic (exact) mass is 506 g/mol. The van der Waals surface area contributed by atoms with Crippen molar-refractivity contribution in [1.29, 1.82) is 0 Å². The number of Topliss-reactive ketones (excluding diaryl/α,β-unsaturated/α-hetero) is 1. The van der Waals surface area contributed by atoms with Crippen LogP contribution < -0.4 is 15.4 Å². The number of nitrogens with two attached hydrogens (primary N) is 1. The van der Waals surface area contributed by atoms with Crippen molar-refractivity contribution in [2.45, 2.75) is 25.7 Å². The van der Waals surface area contributed by atoms with Crippen molar-refractivity contribution < 1.29 is 14.3 Å². The number of benzene rings is 3. The van der Waals surface area contributed by atoms with Crippen molar-refractivity contribution in [3.63, 3.8) is 0 Å². The lowest BCUT2D eigenvalue weighted by molar-refractivity contribution is 0.0986. The zero-order valence-electron chi connectivity index (χ0n) is 21.4. The summed E-state index contributed by atoms with van der Waals surface area (Å²) in [7, 11) is 1.61. The third-order valence-corrected chi connectivity index (χ3v) is 6.88. The van der Waals surface area contributed by atoms with E-state index in [2.05, 4.69) is 14.9 Å². The molecule has 0 radical (unpaired) electrons. The molecule has 0 amide bonds. The molecule has 0 atom stereocenters. The van der Waals surface area contributed by atoms with Gasteiger partial charge in [0.15, 0.2) is 17.4 Å². The Bertz CT molecular complexity index is 1450. The predicted octanol–water partition coefficient (Wildman–Crippen LogP) is 5.38. The molecule has 7 nitrogen and oxygen atoms in total. The maximum atomic E-state index is 13.6. The van der Waals surface area contributed by atoms with Crippen LogP contribution in [-0.2, 0) is 6.42 Å². The maximum absolute atomic E-state index is 13.6. The van der Waals surface area contributed by atoms with Gasteiger partial charge in [-0.25, -0.2) is 9.97 Å². The van der Waals surface area contributed by atoms with Gasteiger partial charge in [0.05, 0.1) is 19.0 Å². The first kappa shape index (κ1) is 25.1. The number of ether oxygens (including phenoxy) is 1. The van der Waals surface area contributed by atoms with Gasteiger partial charge in [-0.05, 0) is 67.3 Å². The zero-order valence-corrected chi connectivity index (χ0v) is 21.4. The fourth-order valence-electron chi connectivity index (χ4n) is 4.83. The number of nitrogen functional groups attached to an aromatic ring is 1. The van der Waals surface area contributed by atoms with E-state index in [-0.39, 0.29) is 29.5 Å². The van der Waals surface area contributed by atoms with Crippen molar-refractivity contribution in [2.24, 2.45) is 0 Å². The smallest absolute Gasteiger partial charge is 0.193 e. The van der Waals surface area contributed by atoms with E-state index in [1.54, 1.807) is 25.4 Å². The summed E-state index contributed by atoms with van der Waals surface area (Å²) in [5.74, 6) is 0.491. The third-order valence-electron chi connectivity index (χ3n) is 6.88. The van der Waals surface area contributed by atoms with E-state index in [4.69, 9.17) is 10.5 Å². The van der Waals surface area contributed by atoms with Gasteiger partial charge >= 0.3 is 0 Å². The van der Waals surface area contributed by atoms with Crippen molar-refractivity contribution in [3.8, 4) is 17.0 Å². The molecule has 2 N–H and O–H groups in total. The summed E-state index contributed by atoms with van der Waals surface area (Å²) in [6, 6.07) is 22.2. The molecule has 0 spiro atoms. The number of methoxy groups -OCH3 is 1. The number of ketones is 2. The molecule has 0 saturated carbocycles. The van der Waals surface area contributed by atoms with E-state index in [1.165, 1.54) is 6.42 Å². The van der Waals surface area contributed by atoms with Crippen LogP contribution in [0, 0.1) is 0 Å². The van der Waals surface area contributed by atoms with Gasteiger partial charge in [-0.2, -0.15) is 0 Å². The second-order valence-corrected chi connectivity index (χ2v) is 9.40. The number of hydrogen-bond donors (Lipinski definition) is 1. The van der Waals surface area contributed by atoms with Crippen LogP contribution in [0.2, 0.25) is 0 Å². The number of carbonyl (C=O) groups is 2. The number of rotatable bonds is 8. The number of piperidine rings is 1. The Labute approximate surface area is 222 Å². The highest BCUT2D eigenvalue weighted by Crippen LogP contribution is 2.29. The Morgan fingerprint density at radius 1 is 0.921 bits per heavy atom. The molecule has 0 aliphatic carbocycles. The molecule has 1 aromatic heterocycles. The van der Waals surface area contributed by atoms with Gasteiger partial charge < -0.3 is 15.4 Å². The van der Waals surface area contributed by atoms with Gasteiger partial charge in [-0.1, -0.05) is 30.3 Å². The topological polar surface area (TPSA) is 98.4 Å². The molecule has 1 saturated heterocycles. The standard InChI is InChI=1S/C31H30N4O3/c1-38-25-13-10-21(11-14-25)26-20-33-31(32)29(34-26)28(36)19-24-18-23(30(37)22-8-4-2-5-9-22)12-15-27(24)35-16-6-3-7-17-35/h2,4-5,8-15,18,20H,3,6-7,16-17,19H2,1H3,(H2,32,33). The Balaban J connectivity index is 1.48. The van der Waals surface area contributed by atoms with Gasteiger partial charge in [-0.3, -0.25) is 9.59 Å². The molecule has 5 rings (SSSR count). The summed E-state index contributed by atoms with van der Waals surface area (Å²) in [4.78, 5) is 37.9. The van der Waals surface area contributed by atoms with Gasteiger partial charge in [0.25, 0.3) is 0 Å². The summed E-state index contributed by atoms with van der Waals surface area (Å²) < 4.78 is 5.23. The average molecular weight is 507 g/mol. The first-order chi connectivity index (χ1) is 18.5. The molecule has 4 aromatic rings. The Morgan fingerprint density at radius 2 is 1.66 bits per heavy atom. The highest BCUT2D eigenvalue weighted by atomic mass is 16.5. The van der Waals surface area contributed by atoms with Crippen molar-refractivity contribution in [2.75, 3.05) is 30.8 Å². The van der Waals surface area contributed by atoms with Crippen LogP contribution >= 0.6 is 0 Å². The molecular formula is C31H30N4O3. The summed E-state index contributed by atoms with van der Waals surface area (Å²) >= 11 is 0. The quantitative estimate of drug-likeness (QED) is 0.320. The van der Waals surface area contributed by atoms with Crippen LogP contribution in [0.4, 0.5) is 11.5 Å². The molecule has 0 unspecified atom stereocenters. The first-order valence-electron chi connectivity index (χ1n) is 12.8. The molecule has 38 heavy (non-hydrogen) atoms. The summed E-state index contributed by atoms with van der Waals surface area (Å²) in [5.41, 5.74) is 10.5. The minimum absolute atomic E-state index is 0.0622. The lowest BCUT2D eigenvalue weighted by atomic mass is 9.96. The van der Waals surface area contributed by atoms with E-state index in [9.17, 15) is 9.59 Å². The number of aromatic nitrogens is 2. The molecule has 1 aliphatic rings. The van der Waals surface area contributed by atoms with Crippen molar-refractivity contribution in [1.82, 2.24) is 9.97 Å². The normalized spacial score (nSPS) is 13.2. The highest BCUT2D eigenvalue weighted by molar-refractivity contribution is 6.09. The maximum Gasteiger partial charge on any atom is 0.193 e. The molecule has 2 heterocycles. The lowest BCUT2D eigenvalue weighted by Crippen LogP contribution is -2.30. The summed E-state index contributed by atoms with van der Waals surface area (Å²) in [6.07, 6.45) is 5.01. The van der Waals surface area contributed by atoms with E-state index >= 15 is 0 Å². The average Bonchev–Trinajstić information content (AvgIpc) is 2.98. The van der Waals surface area contributed by atoms with Gasteiger partial charge in [0.2, 0.25) is 0 Å². The Hall–Kier alpha value is -4.52. The van der Waals surface area contributed by atoms with E-state index in [0.717, 1.165) is 48.5 Å². The van der Waals surface area contributed by atoms with Gasteiger partial charge in [0, 0.05) is 41.9 Å². The second-order valence-electron chi connectivity index (χ2n) is 9.40. The van der Waals surface area contributed by atoms with E-state index in [1.807, 2.05) is 60.7 Å². The van der Waals surface area contributed by atoms with E-state index < -0.39 is 0 Å². The molecular weight excluding hydrogens is 476 g/mol. The fourth-order valence-corrected chi connectivity index (χ4v) is 4.83. The van der Waals surface area contributed by atoms with Crippen LogP contribution in [0.25, 0.3) is 11.3 Å². The minimum atomic E-state index is -0.243. The van der Waals surface area contributed by atoms with Gasteiger partial charge in [-0.15, -0.1) is 0 Å². The lowest BCUT2D eigenvalue weighted by Gasteiger charge is -2.31. The first-order valence-corrected chi connectivity index (χ1v) is 12.8. The van der Waals surface area contributed by atoms with E-state index in [0.29, 0.717) is 16.8 Å².